The molecule has 0 aromatic rings. The zero-order chi connectivity index (χ0) is 23.0. The van der Waals surface area contributed by atoms with Crippen LogP contribution < -0.4 is 16.9 Å². The van der Waals surface area contributed by atoms with Gasteiger partial charge in [0.1, 0.15) is 12.3 Å². The van der Waals surface area contributed by atoms with Gasteiger partial charge < -0.3 is 29.4 Å². The summed E-state index contributed by atoms with van der Waals surface area (Å²) in [4.78, 5) is 52.8. The second-order valence-corrected chi connectivity index (χ2v) is 10.3. The number of nitrogens with zero attached hydrogens (tertiary/aromatic N) is 1. The number of amides is 2. The largest absolute Gasteiger partial charge is 0.490 e. The van der Waals surface area contributed by atoms with Crippen LogP contribution in [-0.2, 0) is 36.4 Å². The Kier molecular flexibility index (Phi) is 7.64. The molecule has 30 heavy (non-hydrogen) atoms. The van der Waals surface area contributed by atoms with Crippen LogP contribution in [0.25, 0.3) is 0 Å². The van der Waals surface area contributed by atoms with Crippen LogP contribution >= 0.6 is 23.5 Å². The summed E-state index contributed by atoms with van der Waals surface area (Å²) < 4.78 is 50.4. The summed E-state index contributed by atoms with van der Waals surface area (Å²) in [5, 5.41) is 12.2. The van der Waals surface area contributed by atoms with Gasteiger partial charge in [-0.3, -0.25) is 25.3 Å². The number of hydrogen-bond acceptors (Lipinski definition) is 12. The van der Waals surface area contributed by atoms with E-state index >= 15 is 0 Å². The Balaban J connectivity index is 1.95. The van der Waals surface area contributed by atoms with E-state index in [-0.39, 0.29) is 6.42 Å². The molecule has 6 atom stereocenters. The quantitative estimate of drug-likeness (QED) is 0.0951. The van der Waals surface area contributed by atoms with Gasteiger partial charge in [0.05, 0.1) is 12.7 Å². The van der Waals surface area contributed by atoms with Crippen molar-refractivity contribution in [3.8, 4) is 0 Å². The molecule has 2 aliphatic rings. The van der Waals surface area contributed by atoms with Gasteiger partial charge >= 0.3 is 29.5 Å². The fraction of sp³-hybridized carbons (Fsp3) is 0.667. The molecule has 18 nitrogen and oxygen atoms in total. The molecule has 0 saturated carbocycles. The van der Waals surface area contributed by atoms with Crippen LogP contribution in [0.15, 0.2) is 12.3 Å². The summed E-state index contributed by atoms with van der Waals surface area (Å²) in [7, 11) is -16.6. The molecule has 0 aromatic carbocycles. The maximum Gasteiger partial charge on any atom is 0.490 e. The third kappa shape index (κ3) is 7.13. The lowest BCUT2D eigenvalue weighted by atomic mass is 10.2. The highest BCUT2D eigenvalue weighted by Gasteiger charge is 2.45. The fourth-order valence-electron chi connectivity index (χ4n) is 2.33. The Morgan fingerprint density at radius 1 is 1.23 bits per heavy atom. The molecular weight excluding hydrogens is 481 g/mol. The number of carbonyl (C=O) groups is 1. The molecular formula is C9H19N4O14P3. The lowest BCUT2D eigenvalue weighted by molar-refractivity contribution is -0.0663. The molecule has 0 bridgehead atoms. The zero-order valence-corrected chi connectivity index (χ0v) is 17.3. The number of phosphoric ester groups is 1. The summed E-state index contributed by atoms with van der Waals surface area (Å²) >= 11 is 0. The molecule has 0 aromatic heterocycles. The highest BCUT2D eigenvalue weighted by atomic mass is 31.3. The van der Waals surface area contributed by atoms with Crippen LogP contribution in [0.3, 0.4) is 0 Å². The van der Waals surface area contributed by atoms with Crippen molar-refractivity contribution in [3.63, 3.8) is 0 Å². The van der Waals surface area contributed by atoms with Gasteiger partial charge in [-0.1, -0.05) is 0 Å². The Labute approximate surface area is 167 Å². The molecule has 0 radical (unpaired) electrons. The minimum atomic E-state index is -5.68. The molecule has 2 aliphatic heterocycles. The molecule has 1 saturated heterocycles. The highest BCUT2D eigenvalue weighted by molar-refractivity contribution is 7.66. The number of aliphatic hydroxyl groups is 1. The van der Waals surface area contributed by atoms with Gasteiger partial charge in [0.25, 0.3) is 0 Å². The molecule has 2 rings (SSSR count). The predicted octanol–water partition coefficient (Wildman–Crippen LogP) is -2.15. The molecule has 3 unspecified atom stereocenters. The lowest BCUT2D eigenvalue weighted by Crippen LogP contribution is -2.63. The predicted molar refractivity (Wildman–Crippen MR) is 90.8 cm³/mol. The van der Waals surface area contributed by atoms with Gasteiger partial charge in [-0.05, 0) is 0 Å². The van der Waals surface area contributed by atoms with Crippen molar-refractivity contribution < 1.29 is 65.9 Å². The average Bonchev–Trinajstić information content (AvgIpc) is 2.90. The van der Waals surface area contributed by atoms with Crippen molar-refractivity contribution in [3.05, 3.63) is 12.3 Å². The van der Waals surface area contributed by atoms with Crippen LogP contribution in [-0.4, -0.2) is 66.5 Å². The number of ether oxygens (including phenoxy) is 1. The first-order chi connectivity index (χ1) is 13.5. The first-order valence-corrected chi connectivity index (χ1v) is 12.2. The number of hydrogen-bond donors (Lipinski definition) is 8. The second-order valence-electron chi connectivity index (χ2n) is 5.88. The maximum atomic E-state index is 12.1. The smallest absolute Gasteiger partial charge is 0.390 e. The first-order valence-electron chi connectivity index (χ1n) is 7.63. The van der Waals surface area contributed by atoms with Crippen molar-refractivity contribution in [1.29, 1.82) is 0 Å². The molecule has 0 aliphatic carbocycles. The van der Waals surface area contributed by atoms with E-state index in [1.54, 1.807) is 0 Å². The van der Waals surface area contributed by atoms with Gasteiger partial charge in [0.2, 0.25) is 5.85 Å². The average molecular weight is 500 g/mol. The summed E-state index contributed by atoms with van der Waals surface area (Å²) in [5.41, 5.74) is 5.57. The minimum Gasteiger partial charge on any atom is -0.390 e. The van der Waals surface area contributed by atoms with E-state index in [1.807, 2.05) is 0 Å². The highest BCUT2D eigenvalue weighted by Crippen LogP contribution is 2.66. The summed E-state index contributed by atoms with van der Waals surface area (Å²) in [5.74, 6) is 3.19. The number of rotatable bonds is 9. The zero-order valence-electron chi connectivity index (χ0n) is 14.7. The van der Waals surface area contributed by atoms with Gasteiger partial charge in [-0.2, -0.15) is 8.62 Å². The van der Waals surface area contributed by atoms with Gasteiger partial charge in [-0.15, -0.1) is 0 Å². The van der Waals surface area contributed by atoms with E-state index in [2.05, 4.69) is 23.3 Å². The standard InChI is InChI=1S/C9H19N4O14P3/c10-9(25-11)1-2-13(8(15)12-9)7-3-5(14)6(24-7)4-23-29(19,20)27-30(21,22)26-28(16,17)18/h1-2,5-7,14H,3-4,10-11H2,(H,12,15)(H,19,20)(H,21,22)(H2,16,17,18)/t5-,6+,7+,9?/m0/s1. The van der Waals surface area contributed by atoms with Crippen LogP contribution in [0.5, 0.6) is 0 Å². The van der Waals surface area contributed by atoms with E-state index < -0.39 is 60.4 Å². The van der Waals surface area contributed by atoms with Gasteiger partial charge in [0, 0.05) is 18.7 Å². The fourth-order valence-corrected chi connectivity index (χ4v) is 5.36. The topological polar surface area (TPSA) is 283 Å². The number of nitrogens with two attached hydrogens (primary N) is 2. The number of urea groups is 1. The third-order valence-electron chi connectivity index (χ3n) is 3.55. The molecule has 0 spiro atoms. The summed E-state index contributed by atoms with van der Waals surface area (Å²) in [6.07, 6.45) is -1.55. The first kappa shape index (κ1) is 25.5. The maximum absolute atomic E-state index is 12.1. The number of nitrogens with one attached hydrogen (secondary N) is 1. The van der Waals surface area contributed by atoms with Crippen LogP contribution in [0, 0.1) is 0 Å². The Morgan fingerprint density at radius 3 is 2.40 bits per heavy atom. The Bertz CT molecular complexity index is 833. The number of carbonyl (C=O) groups excluding carboxylic acids is 1. The van der Waals surface area contributed by atoms with E-state index in [1.165, 1.54) is 6.08 Å². The van der Waals surface area contributed by atoms with Crippen LogP contribution in [0.2, 0.25) is 0 Å². The summed E-state index contributed by atoms with van der Waals surface area (Å²) in [6.45, 7) is -0.882. The van der Waals surface area contributed by atoms with Crippen molar-refractivity contribution in [2.75, 3.05) is 6.61 Å². The van der Waals surface area contributed by atoms with Crippen molar-refractivity contribution in [2.24, 2.45) is 11.6 Å². The van der Waals surface area contributed by atoms with Crippen LogP contribution in [0.4, 0.5) is 4.79 Å². The third-order valence-corrected chi connectivity index (χ3v) is 7.35. The molecule has 2 heterocycles. The molecule has 21 heteroatoms. The number of aliphatic hydroxyl groups excluding tert-OH is 1. The van der Waals surface area contributed by atoms with Gasteiger partial charge in [-0.25, -0.2) is 24.4 Å². The van der Waals surface area contributed by atoms with Crippen molar-refractivity contribution in [2.45, 2.75) is 30.7 Å². The monoisotopic (exact) mass is 500 g/mol. The van der Waals surface area contributed by atoms with Crippen molar-refractivity contribution in [1.82, 2.24) is 10.2 Å². The lowest BCUT2D eigenvalue weighted by Gasteiger charge is -2.35. The molecule has 1 fully saturated rings. The Hall–Kier alpha value is -0.780. The molecule has 174 valence electrons. The van der Waals surface area contributed by atoms with Gasteiger partial charge in [0.15, 0.2) is 0 Å². The second kappa shape index (κ2) is 8.99. The molecule has 2 amide bonds. The molecule has 10 N–H and O–H groups in total. The van der Waals surface area contributed by atoms with E-state index in [0.717, 1.165) is 11.1 Å². The Morgan fingerprint density at radius 2 is 1.87 bits per heavy atom. The van der Waals surface area contributed by atoms with Crippen LogP contribution in [0.1, 0.15) is 6.42 Å². The SMILES string of the molecule is NOC1(N)C=CN([C@H]2C[C@H](O)[C@@H](COP(=O)(O)OP(=O)(O)OP(=O)(O)O)O2)C(=O)N1. The van der Waals surface area contributed by atoms with Crippen molar-refractivity contribution >= 4 is 29.5 Å². The number of phosphoric acid groups is 3. The minimum absolute atomic E-state index is 0.177. The van der Waals surface area contributed by atoms with E-state index in [4.69, 9.17) is 31.0 Å². The normalized spacial score (nSPS) is 33.8. The van der Waals surface area contributed by atoms with E-state index in [0.29, 0.717) is 0 Å². The van der Waals surface area contributed by atoms with E-state index in [9.17, 15) is 28.5 Å². The summed E-state index contributed by atoms with van der Waals surface area (Å²) in [6, 6.07) is -0.809.